The Hall–Kier alpha value is -1.39. The van der Waals surface area contributed by atoms with Crippen molar-refractivity contribution in [2.24, 2.45) is 0 Å². The van der Waals surface area contributed by atoms with Crippen LogP contribution in [0, 0.1) is 5.82 Å². The minimum absolute atomic E-state index is 0.287. The SMILES string of the molecule is C=CCN1CCN(Cc2ccc(OC)c(F)c2)CC1. The third-order valence-electron chi connectivity index (χ3n) is 3.47. The Bertz CT molecular complexity index is 428. The summed E-state index contributed by atoms with van der Waals surface area (Å²) in [5.74, 6) is 0.0184. The van der Waals surface area contributed by atoms with Gasteiger partial charge >= 0.3 is 0 Å². The molecule has 1 heterocycles. The Labute approximate surface area is 114 Å². The highest BCUT2D eigenvalue weighted by molar-refractivity contribution is 5.29. The summed E-state index contributed by atoms with van der Waals surface area (Å²) in [7, 11) is 1.48. The molecule has 1 aliphatic heterocycles. The zero-order chi connectivity index (χ0) is 13.7. The van der Waals surface area contributed by atoms with Gasteiger partial charge in [-0.25, -0.2) is 4.39 Å². The highest BCUT2D eigenvalue weighted by atomic mass is 19.1. The van der Waals surface area contributed by atoms with Crippen LogP contribution in [0.25, 0.3) is 0 Å². The predicted octanol–water partition coefficient (Wildman–Crippen LogP) is 2.14. The van der Waals surface area contributed by atoms with Crippen molar-refractivity contribution in [3.05, 3.63) is 42.2 Å². The second kappa shape index (κ2) is 6.68. The van der Waals surface area contributed by atoms with Crippen molar-refractivity contribution in [3.63, 3.8) is 0 Å². The van der Waals surface area contributed by atoms with Gasteiger partial charge in [0, 0.05) is 39.3 Å². The van der Waals surface area contributed by atoms with Crippen LogP contribution in [-0.4, -0.2) is 49.6 Å². The maximum Gasteiger partial charge on any atom is 0.165 e. The first-order chi connectivity index (χ1) is 9.22. The van der Waals surface area contributed by atoms with Gasteiger partial charge in [0.25, 0.3) is 0 Å². The summed E-state index contributed by atoms with van der Waals surface area (Å²) in [4.78, 5) is 4.72. The monoisotopic (exact) mass is 264 g/mol. The van der Waals surface area contributed by atoms with Gasteiger partial charge < -0.3 is 4.74 Å². The number of hydrogen-bond acceptors (Lipinski definition) is 3. The van der Waals surface area contributed by atoms with E-state index in [0.29, 0.717) is 5.75 Å². The topological polar surface area (TPSA) is 15.7 Å². The van der Waals surface area contributed by atoms with E-state index in [1.807, 2.05) is 12.1 Å². The average molecular weight is 264 g/mol. The van der Waals surface area contributed by atoms with Crippen LogP contribution < -0.4 is 4.74 Å². The first-order valence-corrected chi connectivity index (χ1v) is 6.61. The molecule has 0 N–H and O–H groups in total. The lowest BCUT2D eigenvalue weighted by atomic mass is 10.2. The van der Waals surface area contributed by atoms with Gasteiger partial charge in [0.05, 0.1) is 7.11 Å². The summed E-state index contributed by atoms with van der Waals surface area (Å²) in [5.41, 5.74) is 0.996. The minimum atomic E-state index is -0.287. The van der Waals surface area contributed by atoms with Crippen LogP contribution in [0.15, 0.2) is 30.9 Å². The lowest BCUT2D eigenvalue weighted by molar-refractivity contribution is 0.137. The summed E-state index contributed by atoms with van der Waals surface area (Å²) in [5, 5.41) is 0. The van der Waals surface area contributed by atoms with Gasteiger partial charge in [-0.15, -0.1) is 6.58 Å². The van der Waals surface area contributed by atoms with Crippen LogP contribution in [-0.2, 0) is 6.54 Å². The Balaban J connectivity index is 1.88. The lowest BCUT2D eigenvalue weighted by Gasteiger charge is -2.34. The molecule has 0 amide bonds. The second-order valence-corrected chi connectivity index (χ2v) is 4.83. The van der Waals surface area contributed by atoms with E-state index in [1.54, 1.807) is 12.1 Å². The number of ether oxygens (including phenoxy) is 1. The predicted molar refractivity (Wildman–Crippen MR) is 74.9 cm³/mol. The molecule has 3 nitrogen and oxygen atoms in total. The fraction of sp³-hybridized carbons (Fsp3) is 0.467. The summed E-state index contributed by atoms with van der Waals surface area (Å²) in [6.45, 7) is 9.63. The highest BCUT2D eigenvalue weighted by Crippen LogP contribution is 2.19. The van der Waals surface area contributed by atoms with Crippen LogP contribution >= 0.6 is 0 Å². The van der Waals surface area contributed by atoms with Crippen molar-refractivity contribution < 1.29 is 9.13 Å². The van der Waals surface area contributed by atoms with E-state index in [9.17, 15) is 4.39 Å². The molecule has 1 aliphatic rings. The van der Waals surface area contributed by atoms with Crippen molar-refractivity contribution in [3.8, 4) is 5.75 Å². The smallest absolute Gasteiger partial charge is 0.165 e. The number of rotatable bonds is 5. The van der Waals surface area contributed by atoms with Crippen molar-refractivity contribution in [2.45, 2.75) is 6.54 Å². The Kier molecular flexibility index (Phi) is 4.93. The summed E-state index contributed by atoms with van der Waals surface area (Å²) in [6, 6.07) is 5.19. The van der Waals surface area contributed by atoms with Gasteiger partial charge in [-0.05, 0) is 17.7 Å². The molecule has 19 heavy (non-hydrogen) atoms. The molecule has 0 bridgehead atoms. The number of benzene rings is 1. The van der Waals surface area contributed by atoms with E-state index in [2.05, 4.69) is 16.4 Å². The quantitative estimate of drug-likeness (QED) is 0.758. The summed E-state index contributed by atoms with van der Waals surface area (Å²) >= 11 is 0. The molecule has 0 aliphatic carbocycles. The van der Waals surface area contributed by atoms with Crippen LogP contribution in [0.1, 0.15) is 5.56 Å². The van der Waals surface area contributed by atoms with Crippen LogP contribution in [0.2, 0.25) is 0 Å². The van der Waals surface area contributed by atoms with E-state index in [-0.39, 0.29) is 5.82 Å². The molecular weight excluding hydrogens is 243 g/mol. The molecule has 1 saturated heterocycles. The first-order valence-electron chi connectivity index (χ1n) is 6.61. The van der Waals surface area contributed by atoms with Crippen LogP contribution in [0.5, 0.6) is 5.75 Å². The van der Waals surface area contributed by atoms with E-state index in [4.69, 9.17) is 4.74 Å². The maximum absolute atomic E-state index is 13.6. The molecule has 2 rings (SSSR count). The van der Waals surface area contributed by atoms with Crippen molar-refractivity contribution in [1.29, 1.82) is 0 Å². The van der Waals surface area contributed by atoms with Gasteiger partial charge in [-0.3, -0.25) is 9.80 Å². The molecule has 1 aromatic rings. The van der Waals surface area contributed by atoms with Gasteiger partial charge in [0.2, 0.25) is 0 Å². The fourth-order valence-electron chi connectivity index (χ4n) is 2.38. The molecule has 4 heteroatoms. The minimum Gasteiger partial charge on any atom is -0.494 e. The number of hydrogen-bond donors (Lipinski definition) is 0. The van der Waals surface area contributed by atoms with Gasteiger partial charge in [0.1, 0.15) is 0 Å². The summed E-state index contributed by atoms with van der Waals surface area (Å²) in [6.07, 6.45) is 1.94. The maximum atomic E-state index is 13.6. The Morgan fingerprint density at radius 2 is 1.95 bits per heavy atom. The van der Waals surface area contributed by atoms with Crippen molar-refractivity contribution >= 4 is 0 Å². The van der Waals surface area contributed by atoms with E-state index in [0.717, 1.165) is 44.8 Å². The number of methoxy groups -OCH3 is 1. The number of nitrogens with zero attached hydrogens (tertiary/aromatic N) is 2. The van der Waals surface area contributed by atoms with Crippen LogP contribution in [0.4, 0.5) is 4.39 Å². The van der Waals surface area contributed by atoms with E-state index in [1.165, 1.54) is 7.11 Å². The second-order valence-electron chi connectivity index (χ2n) is 4.83. The summed E-state index contributed by atoms with van der Waals surface area (Å²) < 4.78 is 18.5. The molecule has 0 saturated carbocycles. The zero-order valence-corrected chi connectivity index (χ0v) is 11.4. The Morgan fingerprint density at radius 1 is 1.26 bits per heavy atom. The van der Waals surface area contributed by atoms with Gasteiger partial charge in [-0.2, -0.15) is 0 Å². The number of piperazine rings is 1. The lowest BCUT2D eigenvalue weighted by Crippen LogP contribution is -2.45. The molecule has 1 fully saturated rings. The zero-order valence-electron chi connectivity index (χ0n) is 11.4. The third-order valence-corrected chi connectivity index (χ3v) is 3.47. The van der Waals surface area contributed by atoms with Gasteiger partial charge in [0.15, 0.2) is 11.6 Å². The van der Waals surface area contributed by atoms with Crippen molar-refractivity contribution in [1.82, 2.24) is 9.80 Å². The highest BCUT2D eigenvalue weighted by Gasteiger charge is 2.16. The molecule has 0 spiro atoms. The molecule has 0 unspecified atom stereocenters. The molecule has 0 aromatic heterocycles. The van der Waals surface area contributed by atoms with Crippen LogP contribution in [0.3, 0.4) is 0 Å². The molecule has 104 valence electrons. The standard InChI is InChI=1S/C15H21FN2O/c1-3-6-17-7-9-18(10-8-17)12-13-4-5-15(19-2)14(16)11-13/h3-5,11H,1,6-10,12H2,2H3. The van der Waals surface area contributed by atoms with E-state index >= 15 is 0 Å². The van der Waals surface area contributed by atoms with E-state index < -0.39 is 0 Å². The first kappa shape index (κ1) is 14.0. The largest absolute Gasteiger partial charge is 0.494 e. The number of halogens is 1. The fourth-order valence-corrected chi connectivity index (χ4v) is 2.38. The molecule has 1 aromatic carbocycles. The normalized spacial score (nSPS) is 17.4. The average Bonchev–Trinajstić information content (AvgIpc) is 2.42. The Morgan fingerprint density at radius 3 is 2.53 bits per heavy atom. The van der Waals surface area contributed by atoms with Crippen molar-refractivity contribution in [2.75, 3.05) is 39.8 Å². The molecule has 0 radical (unpaired) electrons. The third kappa shape index (κ3) is 3.78. The molecular formula is C15H21FN2O. The van der Waals surface area contributed by atoms with Gasteiger partial charge in [-0.1, -0.05) is 12.1 Å². The molecule has 0 atom stereocenters.